The minimum Gasteiger partial charge on any atom is -0.507 e. The fourth-order valence-corrected chi connectivity index (χ4v) is 3.76. The Morgan fingerprint density at radius 2 is 1.53 bits per heavy atom. The lowest BCUT2D eigenvalue weighted by atomic mass is 9.89. The summed E-state index contributed by atoms with van der Waals surface area (Å²) in [5, 5.41) is 79.7. The van der Waals surface area contributed by atoms with Gasteiger partial charge < -0.3 is 50.0 Å². The van der Waals surface area contributed by atoms with Crippen molar-refractivity contribution in [2.75, 3.05) is 6.61 Å². The van der Waals surface area contributed by atoms with Crippen molar-refractivity contribution in [3.8, 4) is 34.3 Å². The highest BCUT2D eigenvalue weighted by molar-refractivity contribution is 5.89. The second-order valence-electron chi connectivity index (χ2n) is 7.46. The topological polar surface area (TPSA) is 201 Å². The molecule has 0 bridgehead atoms. The average Bonchev–Trinajstić information content (AvgIpc) is 2.74. The van der Waals surface area contributed by atoms with Gasteiger partial charge in [0.2, 0.25) is 0 Å². The van der Waals surface area contributed by atoms with Gasteiger partial charge in [0.05, 0.1) is 12.2 Å². The van der Waals surface area contributed by atoms with Crippen molar-refractivity contribution in [1.29, 1.82) is 0 Å². The van der Waals surface area contributed by atoms with Gasteiger partial charge in [-0.25, -0.2) is 0 Å². The molecule has 11 heteroatoms. The monoisotopic (exact) mass is 448 g/mol. The third kappa shape index (κ3) is 3.42. The van der Waals surface area contributed by atoms with Crippen LogP contribution in [-0.2, 0) is 4.74 Å². The van der Waals surface area contributed by atoms with Crippen LogP contribution in [0.15, 0.2) is 39.5 Å². The van der Waals surface area contributed by atoms with E-state index in [4.69, 9.17) is 9.15 Å². The minimum atomic E-state index is -1.79. The molecule has 1 aromatic heterocycles. The number of aliphatic hydroxyl groups is 4. The van der Waals surface area contributed by atoms with E-state index in [1.54, 1.807) is 0 Å². The van der Waals surface area contributed by atoms with Crippen molar-refractivity contribution in [3.63, 3.8) is 0 Å². The lowest BCUT2D eigenvalue weighted by molar-refractivity contribution is -0.231. The van der Waals surface area contributed by atoms with Gasteiger partial charge in [0, 0.05) is 17.7 Å². The normalized spacial score (nSPS) is 25.8. The number of aromatic hydroxyl groups is 4. The van der Waals surface area contributed by atoms with Crippen LogP contribution in [0.3, 0.4) is 0 Å². The first kappa shape index (κ1) is 21.9. The molecule has 5 atom stereocenters. The zero-order valence-corrected chi connectivity index (χ0v) is 16.3. The van der Waals surface area contributed by atoms with Gasteiger partial charge in [-0.15, -0.1) is 0 Å². The number of fused-ring (bicyclic) bond motifs is 1. The largest absolute Gasteiger partial charge is 0.507 e. The summed E-state index contributed by atoms with van der Waals surface area (Å²) in [4.78, 5) is 12.8. The van der Waals surface area contributed by atoms with Crippen LogP contribution in [-0.4, -0.2) is 71.9 Å². The van der Waals surface area contributed by atoms with Gasteiger partial charge in [0.25, 0.3) is 0 Å². The van der Waals surface area contributed by atoms with Crippen LogP contribution in [0, 0.1) is 0 Å². The summed E-state index contributed by atoms with van der Waals surface area (Å²) < 4.78 is 11.2. The lowest BCUT2D eigenvalue weighted by Gasteiger charge is -2.40. The molecule has 3 aromatic rings. The SMILES string of the molecule is O=c1cc(-c2ccc(O)c(O)c2)oc2c([C@@H]3O[C@H](CO)[C@@H](O)C(O)[C@H]3O)c(O)cc(O)c12. The summed E-state index contributed by atoms with van der Waals surface area (Å²) in [6.07, 6.45) is -8.07. The van der Waals surface area contributed by atoms with E-state index in [9.17, 15) is 45.6 Å². The number of hydrogen-bond donors (Lipinski definition) is 8. The molecule has 1 saturated heterocycles. The maximum Gasteiger partial charge on any atom is 0.197 e. The summed E-state index contributed by atoms with van der Waals surface area (Å²) in [7, 11) is 0. The predicted octanol–water partition coefficient (Wildman–Crippen LogP) is -0.203. The summed E-state index contributed by atoms with van der Waals surface area (Å²) in [6, 6.07) is 5.47. The molecule has 0 spiro atoms. The Balaban J connectivity index is 1.97. The van der Waals surface area contributed by atoms with Gasteiger partial charge in [-0.05, 0) is 18.2 Å². The van der Waals surface area contributed by atoms with E-state index < -0.39 is 65.6 Å². The van der Waals surface area contributed by atoms with Gasteiger partial charge >= 0.3 is 0 Å². The van der Waals surface area contributed by atoms with E-state index in [1.807, 2.05) is 0 Å². The molecule has 0 saturated carbocycles. The van der Waals surface area contributed by atoms with E-state index >= 15 is 0 Å². The Bertz CT molecular complexity index is 1230. The van der Waals surface area contributed by atoms with Crippen molar-refractivity contribution < 1.29 is 50.0 Å². The molecule has 0 radical (unpaired) electrons. The molecule has 1 unspecified atom stereocenters. The molecule has 8 N–H and O–H groups in total. The molecule has 2 aromatic carbocycles. The van der Waals surface area contributed by atoms with Crippen LogP contribution in [0.4, 0.5) is 0 Å². The number of benzene rings is 2. The molecule has 32 heavy (non-hydrogen) atoms. The Labute approximate surface area is 179 Å². The van der Waals surface area contributed by atoms with Crippen LogP contribution in [0.5, 0.6) is 23.0 Å². The summed E-state index contributed by atoms with van der Waals surface area (Å²) in [5.74, 6) is -2.28. The Morgan fingerprint density at radius 3 is 2.19 bits per heavy atom. The van der Waals surface area contributed by atoms with Gasteiger partial charge in [-0.3, -0.25) is 4.79 Å². The predicted molar refractivity (Wildman–Crippen MR) is 107 cm³/mol. The molecule has 4 rings (SSSR count). The van der Waals surface area contributed by atoms with E-state index in [1.165, 1.54) is 6.07 Å². The van der Waals surface area contributed by atoms with E-state index in [0.717, 1.165) is 24.3 Å². The molecule has 1 aliphatic heterocycles. The minimum absolute atomic E-state index is 0.117. The summed E-state index contributed by atoms with van der Waals surface area (Å²) >= 11 is 0. The number of hydrogen-bond acceptors (Lipinski definition) is 11. The van der Waals surface area contributed by atoms with Gasteiger partial charge in [0.15, 0.2) is 22.5 Å². The molecule has 1 aliphatic rings. The first-order valence-corrected chi connectivity index (χ1v) is 9.49. The molecule has 0 amide bonds. The van der Waals surface area contributed by atoms with Crippen LogP contribution in [0.2, 0.25) is 0 Å². The van der Waals surface area contributed by atoms with Gasteiger partial charge in [-0.2, -0.15) is 0 Å². The maximum absolute atomic E-state index is 12.8. The van der Waals surface area contributed by atoms with E-state index in [-0.39, 0.29) is 27.9 Å². The number of rotatable bonds is 3. The fourth-order valence-electron chi connectivity index (χ4n) is 3.76. The Morgan fingerprint density at radius 1 is 0.812 bits per heavy atom. The molecular weight excluding hydrogens is 428 g/mol. The van der Waals surface area contributed by atoms with Crippen LogP contribution < -0.4 is 5.43 Å². The third-order valence-electron chi connectivity index (χ3n) is 5.43. The summed E-state index contributed by atoms with van der Waals surface area (Å²) in [6.45, 7) is -0.722. The van der Waals surface area contributed by atoms with Gasteiger partial charge in [-0.1, -0.05) is 0 Å². The second kappa shape index (κ2) is 7.97. The molecular formula is C21H20O11. The summed E-state index contributed by atoms with van der Waals surface area (Å²) in [5.41, 5.74) is -1.27. The van der Waals surface area contributed by atoms with Gasteiger partial charge in [0.1, 0.15) is 53.2 Å². The number of aliphatic hydroxyl groups excluding tert-OH is 4. The first-order valence-electron chi connectivity index (χ1n) is 9.49. The maximum atomic E-state index is 12.8. The van der Waals surface area contributed by atoms with Crippen molar-refractivity contribution in [3.05, 3.63) is 46.1 Å². The van der Waals surface area contributed by atoms with Crippen molar-refractivity contribution in [1.82, 2.24) is 0 Å². The third-order valence-corrected chi connectivity index (χ3v) is 5.43. The van der Waals surface area contributed by atoms with Crippen LogP contribution >= 0.6 is 0 Å². The molecule has 170 valence electrons. The lowest BCUT2D eigenvalue weighted by Crippen LogP contribution is -2.55. The fraction of sp³-hybridized carbons (Fsp3) is 0.286. The smallest absolute Gasteiger partial charge is 0.197 e. The number of phenols is 4. The molecule has 1 fully saturated rings. The van der Waals surface area contributed by atoms with Crippen molar-refractivity contribution >= 4 is 11.0 Å². The highest BCUT2D eigenvalue weighted by Crippen LogP contribution is 2.44. The first-order chi connectivity index (χ1) is 15.1. The Kier molecular flexibility index (Phi) is 5.44. The van der Waals surface area contributed by atoms with E-state index in [0.29, 0.717) is 0 Å². The molecule has 2 heterocycles. The standard InChI is InChI=1S/C21H20O11/c22-6-14-17(28)18(29)19(30)21(32-14)16-11(26)4-10(25)15-12(27)5-13(31-20(15)16)7-1-2-8(23)9(24)3-7/h1-5,14,17-19,21-26,28-30H,6H2/t14-,17-,18?,19-,21+/m1/s1. The highest BCUT2D eigenvalue weighted by Gasteiger charge is 2.46. The van der Waals surface area contributed by atoms with Crippen molar-refractivity contribution in [2.45, 2.75) is 30.5 Å². The van der Waals surface area contributed by atoms with Crippen LogP contribution in [0.25, 0.3) is 22.3 Å². The van der Waals surface area contributed by atoms with E-state index in [2.05, 4.69) is 0 Å². The zero-order chi connectivity index (χ0) is 23.3. The molecule has 0 aliphatic carbocycles. The second-order valence-corrected chi connectivity index (χ2v) is 7.46. The number of phenolic OH excluding ortho intramolecular Hbond substituents is 4. The average molecular weight is 448 g/mol. The molecule has 11 nitrogen and oxygen atoms in total. The van der Waals surface area contributed by atoms with Crippen molar-refractivity contribution in [2.24, 2.45) is 0 Å². The van der Waals surface area contributed by atoms with Crippen LogP contribution in [0.1, 0.15) is 11.7 Å². The number of ether oxygens (including phenoxy) is 1. The quantitative estimate of drug-likeness (QED) is 0.247. The highest BCUT2D eigenvalue weighted by atomic mass is 16.5. The zero-order valence-electron chi connectivity index (χ0n) is 16.3. The Hall–Kier alpha value is -3.35.